The molecule has 0 radical (unpaired) electrons. The molecule has 0 fully saturated rings. The quantitative estimate of drug-likeness (QED) is 0.427. The van der Waals surface area contributed by atoms with Crippen LogP contribution in [0, 0.1) is 6.92 Å². The molecule has 0 aliphatic carbocycles. The first-order valence-corrected chi connectivity index (χ1v) is 5.80. The van der Waals surface area contributed by atoms with Crippen molar-refractivity contribution in [2.75, 3.05) is 5.75 Å². The van der Waals surface area contributed by atoms with Crippen LogP contribution in [0.1, 0.15) is 35.8 Å². The first kappa shape index (κ1) is 11.3. The summed E-state index contributed by atoms with van der Waals surface area (Å²) >= 11 is 1.71. The molecule has 0 amide bonds. The number of thioether (sulfide) groups is 1. The van der Waals surface area contributed by atoms with Gasteiger partial charge < -0.3 is 0 Å². The van der Waals surface area contributed by atoms with E-state index in [0.717, 1.165) is 28.3 Å². The van der Waals surface area contributed by atoms with E-state index in [4.69, 9.17) is 0 Å². The van der Waals surface area contributed by atoms with Crippen LogP contribution in [0.25, 0.3) is 0 Å². The highest BCUT2D eigenvalue weighted by atomic mass is 32.2. The fourth-order valence-electron chi connectivity index (χ4n) is 1.27. The third kappa shape index (κ3) is 2.38. The predicted octanol–water partition coefficient (Wildman–Crippen LogP) is 2.43. The largest absolute Gasteiger partial charge is 0.298 e. The summed E-state index contributed by atoms with van der Waals surface area (Å²) in [4.78, 5) is 10.8. The van der Waals surface area contributed by atoms with Crippen LogP contribution >= 0.6 is 11.8 Å². The zero-order valence-electron chi connectivity index (χ0n) is 8.91. The van der Waals surface area contributed by atoms with Crippen LogP contribution in [-0.2, 0) is 7.05 Å². The summed E-state index contributed by atoms with van der Waals surface area (Å²) in [5.74, 6) is 1.05. The number of carbonyl (C=O) groups is 1. The van der Waals surface area contributed by atoms with Crippen molar-refractivity contribution < 1.29 is 4.79 Å². The fourth-order valence-corrected chi connectivity index (χ4v) is 2.48. The summed E-state index contributed by atoms with van der Waals surface area (Å²) in [5.41, 5.74) is 1.56. The Bertz CT molecular complexity index is 320. The molecule has 0 saturated carbocycles. The van der Waals surface area contributed by atoms with E-state index in [1.54, 1.807) is 16.4 Å². The van der Waals surface area contributed by atoms with Gasteiger partial charge in [-0.05, 0) is 19.1 Å². The average molecular weight is 212 g/mol. The van der Waals surface area contributed by atoms with E-state index < -0.39 is 0 Å². The van der Waals surface area contributed by atoms with Crippen molar-refractivity contribution in [2.24, 2.45) is 7.05 Å². The maximum Gasteiger partial charge on any atom is 0.154 e. The van der Waals surface area contributed by atoms with E-state index in [2.05, 4.69) is 12.0 Å². The molecule has 0 aliphatic heterocycles. The van der Waals surface area contributed by atoms with Crippen LogP contribution in [0.5, 0.6) is 0 Å². The number of rotatable bonds is 5. The van der Waals surface area contributed by atoms with Crippen LogP contribution in [0.3, 0.4) is 0 Å². The Kier molecular flexibility index (Phi) is 4.20. The molecule has 78 valence electrons. The van der Waals surface area contributed by atoms with Crippen molar-refractivity contribution in [3.05, 3.63) is 11.3 Å². The topological polar surface area (TPSA) is 34.9 Å². The van der Waals surface area contributed by atoms with Gasteiger partial charge >= 0.3 is 0 Å². The van der Waals surface area contributed by atoms with Crippen molar-refractivity contribution >= 4 is 18.0 Å². The molecule has 1 aromatic heterocycles. The number of carbonyl (C=O) groups excluding carboxylic acids is 1. The molecule has 1 heterocycles. The monoisotopic (exact) mass is 212 g/mol. The molecular formula is C10H16N2OS. The smallest absolute Gasteiger partial charge is 0.154 e. The van der Waals surface area contributed by atoms with Crippen molar-refractivity contribution in [3.63, 3.8) is 0 Å². The van der Waals surface area contributed by atoms with Gasteiger partial charge in [0.15, 0.2) is 6.29 Å². The van der Waals surface area contributed by atoms with Gasteiger partial charge in [-0.25, -0.2) is 0 Å². The summed E-state index contributed by atoms with van der Waals surface area (Å²) in [6, 6.07) is 0. The lowest BCUT2D eigenvalue weighted by atomic mass is 10.3. The minimum absolute atomic E-state index is 0.744. The number of hydrogen-bond donors (Lipinski definition) is 0. The van der Waals surface area contributed by atoms with Crippen molar-refractivity contribution in [1.29, 1.82) is 0 Å². The Balaban J connectivity index is 2.78. The second-order valence-corrected chi connectivity index (χ2v) is 4.33. The van der Waals surface area contributed by atoms with Crippen LogP contribution < -0.4 is 0 Å². The Hall–Kier alpha value is -0.770. The second-order valence-electron chi connectivity index (χ2n) is 3.25. The van der Waals surface area contributed by atoms with E-state index >= 15 is 0 Å². The molecule has 0 bridgehead atoms. The number of aryl methyl sites for hydroxylation is 2. The van der Waals surface area contributed by atoms with Gasteiger partial charge in [-0.3, -0.25) is 9.48 Å². The van der Waals surface area contributed by atoms with Crippen molar-refractivity contribution in [1.82, 2.24) is 9.78 Å². The lowest BCUT2D eigenvalue weighted by Gasteiger charge is -2.01. The third-order valence-corrected chi connectivity index (χ3v) is 3.32. The molecule has 0 saturated heterocycles. The summed E-state index contributed by atoms with van der Waals surface area (Å²) in [7, 11) is 1.88. The van der Waals surface area contributed by atoms with Gasteiger partial charge in [-0.2, -0.15) is 5.10 Å². The van der Waals surface area contributed by atoms with E-state index in [1.165, 1.54) is 12.8 Å². The number of aromatic nitrogens is 2. The molecular weight excluding hydrogens is 196 g/mol. The fraction of sp³-hybridized carbons (Fsp3) is 0.600. The molecule has 0 unspecified atom stereocenters. The highest BCUT2D eigenvalue weighted by molar-refractivity contribution is 7.99. The predicted molar refractivity (Wildman–Crippen MR) is 59.0 cm³/mol. The molecule has 0 aromatic carbocycles. The van der Waals surface area contributed by atoms with Gasteiger partial charge in [0.25, 0.3) is 0 Å². The zero-order chi connectivity index (χ0) is 10.6. The molecule has 3 nitrogen and oxygen atoms in total. The minimum atomic E-state index is 0.744. The number of hydrogen-bond acceptors (Lipinski definition) is 3. The standard InChI is InChI=1S/C10H16N2OS/c1-4-5-6-14-10-9(7-13)8(2)11-12(10)3/h7H,4-6H2,1-3H3. The summed E-state index contributed by atoms with van der Waals surface area (Å²) in [6.07, 6.45) is 3.25. The minimum Gasteiger partial charge on any atom is -0.298 e. The van der Waals surface area contributed by atoms with Crippen LogP contribution in [0.15, 0.2) is 5.03 Å². The molecule has 1 aromatic rings. The van der Waals surface area contributed by atoms with E-state index in [9.17, 15) is 4.79 Å². The van der Waals surface area contributed by atoms with Gasteiger partial charge in [0.1, 0.15) is 5.03 Å². The first-order valence-electron chi connectivity index (χ1n) is 4.82. The van der Waals surface area contributed by atoms with Gasteiger partial charge in [0.2, 0.25) is 0 Å². The Morgan fingerprint density at radius 3 is 2.86 bits per heavy atom. The molecule has 0 spiro atoms. The van der Waals surface area contributed by atoms with Gasteiger partial charge in [0, 0.05) is 7.05 Å². The maximum atomic E-state index is 10.8. The molecule has 0 atom stereocenters. The summed E-state index contributed by atoms with van der Waals surface area (Å²) in [6.45, 7) is 4.03. The molecule has 0 aliphatic rings. The highest BCUT2D eigenvalue weighted by Crippen LogP contribution is 2.24. The molecule has 0 N–H and O–H groups in total. The first-order chi connectivity index (χ1) is 6.70. The average Bonchev–Trinajstić information content (AvgIpc) is 2.42. The number of unbranched alkanes of at least 4 members (excludes halogenated alkanes) is 1. The second kappa shape index (κ2) is 5.20. The van der Waals surface area contributed by atoms with Crippen LogP contribution in [0.4, 0.5) is 0 Å². The maximum absolute atomic E-state index is 10.8. The van der Waals surface area contributed by atoms with Gasteiger partial charge in [-0.15, -0.1) is 11.8 Å². The third-order valence-electron chi connectivity index (χ3n) is 2.07. The van der Waals surface area contributed by atoms with E-state index in [1.807, 2.05) is 14.0 Å². The van der Waals surface area contributed by atoms with Crippen LogP contribution in [-0.4, -0.2) is 21.8 Å². The van der Waals surface area contributed by atoms with Crippen molar-refractivity contribution in [3.8, 4) is 0 Å². The van der Waals surface area contributed by atoms with E-state index in [-0.39, 0.29) is 0 Å². The Morgan fingerprint density at radius 1 is 1.57 bits per heavy atom. The molecule has 1 rings (SSSR count). The molecule has 14 heavy (non-hydrogen) atoms. The lowest BCUT2D eigenvalue weighted by molar-refractivity contribution is 0.112. The number of nitrogens with zero attached hydrogens (tertiary/aromatic N) is 2. The Labute approximate surface area is 88.9 Å². The zero-order valence-corrected chi connectivity index (χ0v) is 9.73. The summed E-state index contributed by atoms with van der Waals surface area (Å²) < 4.78 is 1.79. The van der Waals surface area contributed by atoms with Gasteiger partial charge in [0.05, 0.1) is 11.3 Å². The Morgan fingerprint density at radius 2 is 2.29 bits per heavy atom. The SMILES string of the molecule is CCCCSc1c(C=O)c(C)nn1C. The lowest BCUT2D eigenvalue weighted by Crippen LogP contribution is -1.94. The molecule has 4 heteroatoms. The van der Waals surface area contributed by atoms with Crippen molar-refractivity contribution in [2.45, 2.75) is 31.7 Å². The normalized spacial score (nSPS) is 10.5. The van der Waals surface area contributed by atoms with Crippen LogP contribution in [0.2, 0.25) is 0 Å². The van der Waals surface area contributed by atoms with E-state index in [0.29, 0.717) is 0 Å². The van der Waals surface area contributed by atoms with Gasteiger partial charge in [-0.1, -0.05) is 13.3 Å². The highest BCUT2D eigenvalue weighted by Gasteiger charge is 2.11. The number of aldehydes is 1. The summed E-state index contributed by atoms with van der Waals surface area (Å²) in [5, 5.41) is 5.22.